The Kier molecular flexibility index (Phi) is 8.45. The van der Waals surface area contributed by atoms with E-state index in [0.717, 1.165) is 5.56 Å². The van der Waals surface area contributed by atoms with Gasteiger partial charge in [0.15, 0.2) is 23.0 Å². The molecule has 1 fully saturated rings. The van der Waals surface area contributed by atoms with Crippen LogP contribution in [0.15, 0.2) is 72.3 Å². The van der Waals surface area contributed by atoms with Gasteiger partial charge in [0.1, 0.15) is 25.6 Å². The smallest absolute Gasteiger partial charge is 0.295 e. The number of amides is 1. The average Bonchev–Trinajstić information content (AvgIpc) is 3.24. The van der Waals surface area contributed by atoms with Crippen LogP contribution in [-0.2, 0) is 16.2 Å². The van der Waals surface area contributed by atoms with Gasteiger partial charge >= 0.3 is 0 Å². The number of aliphatic hydroxyl groups is 1. The molecule has 1 unspecified atom stereocenters. The highest BCUT2D eigenvalue weighted by molar-refractivity contribution is 6.46. The molecule has 0 saturated carbocycles. The number of nitrogens with zero attached hydrogens (tertiary/aromatic N) is 2. The van der Waals surface area contributed by atoms with Crippen molar-refractivity contribution in [2.75, 3.05) is 47.0 Å². The highest BCUT2D eigenvalue weighted by Crippen LogP contribution is 2.43. The number of ether oxygens (including phenoxy) is 4. The molecular weight excluding hydrogens is 524 g/mol. The van der Waals surface area contributed by atoms with Crippen LogP contribution in [0, 0.1) is 0 Å². The third-order valence-electron chi connectivity index (χ3n) is 6.96. The molecule has 3 aromatic rings. The predicted octanol–water partition coefficient (Wildman–Crippen LogP) is 4.42. The number of benzene rings is 3. The van der Waals surface area contributed by atoms with Gasteiger partial charge in [0.25, 0.3) is 11.7 Å². The fraction of sp³-hybridized carbons (Fsp3) is 0.312. The summed E-state index contributed by atoms with van der Waals surface area (Å²) in [4.78, 5) is 30.2. The first kappa shape index (κ1) is 28.0. The van der Waals surface area contributed by atoms with Crippen molar-refractivity contribution >= 4 is 17.4 Å². The van der Waals surface area contributed by atoms with Crippen LogP contribution in [0.4, 0.5) is 0 Å². The summed E-state index contributed by atoms with van der Waals surface area (Å²) in [5.41, 5.74) is 2.00. The number of carbonyl (C=O) groups is 2. The molecule has 0 radical (unpaired) electrons. The van der Waals surface area contributed by atoms with E-state index < -0.39 is 17.7 Å². The predicted molar refractivity (Wildman–Crippen MR) is 153 cm³/mol. The molecular formula is C32H34N2O7. The SMILES string of the molecule is CCOc1cc(C2C(=C(O)c3ccc4c(c3)OCCO4)C(=O)C(=O)N2CCN(C)C)ccc1OCc1ccccc1. The Balaban J connectivity index is 1.56. The van der Waals surface area contributed by atoms with Crippen molar-refractivity contribution in [3.05, 3.63) is 89.0 Å². The van der Waals surface area contributed by atoms with Crippen LogP contribution < -0.4 is 18.9 Å². The van der Waals surface area contributed by atoms with Crippen LogP contribution in [0.5, 0.6) is 23.0 Å². The second kappa shape index (κ2) is 12.3. The minimum absolute atomic E-state index is 0.00540. The topological polar surface area (TPSA) is 97.8 Å². The van der Waals surface area contributed by atoms with Gasteiger partial charge in [-0.05, 0) is 62.5 Å². The van der Waals surface area contributed by atoms with Gasteiger partial charge in [-0.1, -0.05) is 36.4 Å². The number of hydrogen-bond acceptors (Lipinski definition) is 8. The lowest BCUT2D eigenvalue weighted by atomic mass is 9.94. The number of rotatable bonds is 10. The molecule has 9 nitrogen and oxygen atoms in total. The summed E-state index contributed by atoms with van der Waals surface area (Å²) in [5, 5.41) is 11.5. The summed E-state index contributed by atoms with van der Waals surface area (Å²) < 4.78 is 23.3. The number of fused-ring (bicyclic) bond motifs is 1. The first-order valence-electron chi connectivity index (χ1n) is 13.6. The molecule has 0 aliphatic carbocycles. The van der Waals surface area contributed by atoms with Gasteiger partial charge in [0, 0.05) is 18.7 Å². The monoisotopic (exact) mass is 558 g/mol. The maximum Gasteiger partial charge on any atom is 0.295 e. The minimum Gasteiger partial charge on any atom is -0.507 e. The Morgan fingerprint density at radius 3 is 2.44 bits per heavy atom. The molecule has 1 atom stereocenters. The summed E-state index contributed by atoms with van der Waals surface area (Å²) in [6.07, 6.45) is 0. The summed E-state index contributed by atoms with van der Waals surface area (Å²) >= 11 is 0. The van der Waals surface area contributed by atoms with Crippen LogP contribution in [-0.4, -0.2) is 73.6 Å². The van der Waals surface area contributed by atoms with E-state index in [0.29, 0.717) is 67.1 Å². The number of Topliss-reactive ketones (excluding diaryl/α,β-unsaturated/α-hetero) is 1. The van der Waals surface area contributed by atoms with Crippen LogP contribution in [0.2, 0.25) is 0 Å². The third kappa shape index (κ3) is 6.00. The summed E-state index contributed by atoms with van der Waals surface area (Å²) in [5.74, 6) is 0.359. The molecule has 2 aliphatic rings. The molecule has 1 saturated heterocycles. The van der Waals surface area contributed by atoms with Crippen molar-refractivity contribution in [2.24, 2.45) is 0 Å². The zero-order valence-electron chi connectivity index (χ0n) is 23.5. The second-order valence-corrected chi connectivity index (χ2v) is 10.1. The summed E-state index contributed by atoms with van der Waals surface area (Å²) in [6.45, 7) is 4.25. The van der Waals surface area contributed by atoms with E-state index in [1.54, 1.807) is 36.4 Å². The molecule has 5 rings (SSSR count). The van der Waals surface area contributed by atoms with E-state index in [-0.39, 0.29) is 17.9 Å². The van der Waals surface area contributed by atoms with Gasteiger partial charge in [-0.25, -0.2) is 0 Å². The van der Waals surface area contributed by atoms with E-state index in [1.807, 2.05) is 56.3 Å². The lowest BCUT2D eigenvalue weighted by Crippen LogP contribution is -2.35. The van der Waals surface area contributed by atoms with Gasteiger partial charge in [0.05, 0.1) is 18.2 Å². The van der Waals surface area contributed by atoms with Gasteiger partial charge < -0.3 is 33.9 Å². The number of hydrogen-bond donors (Lipinski definition) is 1. The van der Waals surface area contributed by atoms with Crippen LogP contribution in [0.1, 0.15) is 29.7 Å². The van der Waals surface area contributed by atoms with E-state index in [1.165, 1.54) is 4.90 Å². The molecule has 0 aromatic heterocycles. The van der Waals surface area contributed by atoms with E-state index in [2.05, 4.69) is 0 Å². The summed E-state index contributed by atoms with van der Waals surface area (Å²) in [6, 6.07) is 19.3. The highest BCUT2D eigenvalue weighted by Gasteiger charge is 2.46. The normalized spacial score (nSPS) is 17.7. The lowest BCUT2D eigenvalue weighted by molar-refractivity contribution is -0.140. The Labute approximate surface area is 239 Å². The van der Waals surface area contributed by atoms with E-state index in [9.17, 15) is 14.7 Å². The quantitative estimate of drug-likeness (QED) is 0.222. The molecule has 0 bridgehead atoms. The zero-order chi connectivity index (χ0) is 28.9. The minimum atomic E-state index is -0.828. The maximum absolute atomic E-state index is 13.5. The molecule has 3 aromatic carbocycles. The second-order valence-electron chi connectivity index (χ2n) is 10.1. The Morgan fingerprint density at radius 2 is 1.71 bits per heavy atom. The number of likely N-dealkylation sites (N-methyl/N-ethyl adjacent to an activating group) is 1. The third-order valence-corrected chi connectivity index (χ3v) is 6.96. The number of aliphatic hydroxyl groups excluding tert-OH is 1. The van der Waals surface area contributed by atoms with Crippen LogP contribution in [0.25, 0.3) is 5.76 Å². The molecule has 2 aliphatic heterocycles. The van der Waals surface area contributed by atoms with Crippen molar-refractivity contribution in [1.82, 2.24) is 9.80 Å². The van der Waals surface area contributed by atoms with Gasteiger partial charge in [-0.15, -0.1) is 0 Å². The van der Waals surface area contributed by atoms with Gasteiger partial charge in [-0.3, -0.25) is 9.59 Å². The highest BCUT2D eigenvalue weighted by atomic mass is 16.6. The number of carbonyl (C=O) groups excluding carboxylic acids is 2. The molecule has 1 amide bonds. The molecule has 214 valence electrons. The maximum atomic E-state index is 13.5. The zero-order valence-corrected chi connectivity index (χ0v) is 23.5. The van der Waals surface area contributed by atoms with Crippen molar-refractivity contribution in [2.45, 2.75) is 19.6 Å². The number of likely N-dealkylation sites (tertiary alicyclic amines) is 1. The van der Waals surface area contributed by atoms with Crippen molar-refractivity contribution in [1.29, 1.82) is 0 Å². The van der Waals surface area contributed by atoms with Crippen LogP contribution in [0.3, 0.4) is 0 Å². The van der Waals surface area contributed by atoms with E-state index >= 15 is 0 Å². The molecule has 2 heterocycles. The fourth-order valence-electron chi connectivity index (χ4n) is 4.93. The van der Waals surface area contributed by atoms with Crippen molar-refractivity contribution in [3.8, 4) is 23.0 Å². The largest absolute Gasteiger partial charge is 0.507 e. The molecule has 9 heteroatoms. The first-order valence-corrected chi connectivity index (χ1v) is 13.6. The molecule has 1 N–H and O–H groups in total. The molecule has 0 spiro atoms. The number of ketones is 1. The van der Waals surface area contributed by atoms with Crippen molar-refractivity contribution < 1.29 is 33.6 Å². The Hall–Kier alpha value is -4.50. The standard InChI is InChI=1S/C32H34N2O7/c1-4-38-26-18-22(10-12-25(26)41-20-21-8-6-5-7-9-21)29-28(31(36)32(37)34(29)15-14-33(2)3)30(35)23-11-13-24-27(19-23)40-17-16-39-24/h5-13,18-19,29,35H,4,14-17,20H2,1-3H3. The Bertz CT molecular complexity index is 1450. The fourth-order valence-corrected chi connectivity index (χ4v) is 4.93. The van der Waals surface area contributed by atoms with Crippen LogP contribution >= 0.6 is 0 Å². The first-order chi connectivity index (χ1) is 19.9. The van der Waals surface area contributed by atoms with Crippen molar-refractivity contribution in [3.63, 3.8) is 0 Å². The molecule has 41 heavy (non-hydrogen) atoms. The van der Waals surface area contributed by atoms with Gasteiger partial charge in [0.2, 0.25) is 0 Å². The average molecular weight is 559 g/mol. The Morgan fingerprint density at radius 1 is 0.951 bits per heavy atom. The lowest BCUT2D eigenvalue weighted by Gasteiger charge is -2.27. The summed E-state index contributed by atoms with van der Waals surface area (Å²) in [7, 11) is 3.79. The van der Waals surface area contributed by atoms with Gasteiger partial charge in [-0.2, -0.15) is 0 Å². The van der Waals surface area contributed by atoms with E-state index in [4.69, 9.17) is 18.9 Å².